The third-order valence-corrected chi connectivity index (χ3v) is 5.99. The summed E-state index contributed by atoms with van der Waals surface area (Å²) >= 11 is 0. The van der Waals surface area contributed by atoms with Crippen LogP contribution in [0.15, 0.2) is 53.2 Å². The standard InChI is InChI=1S/C27H30N6O4/c1-4-5-24-32-25(18-14-20(34-2)16-21(15-18)35-3)26(37-24)22-8-9-28-27(31-22)30-19-6-7-23(29-17-19)33-10-12-36-13-11-33/h6-9,14-17H,4-5,10-13H2,1-3H3,(H,28,30,31). The van der Waals surface area contributed by atoms with Crippen LogP contribution < -0.4 is 19.7 Å². The molecule has 0 atom stereocenters. The molecule has 4 heterocycles. The van der Waals surface area contributed by atoms with Crippen molar-refractivity contribution in [1.82, 2.24) is 19.9 Å². The van der Waals surface area contributed by atoms with E-state index in [0.29, 0.717) is 60.1 Å². The molecule has 3 aromatic heterocycles. The van der Waals surface area contributed by atoms with Gasteiger partial charge in [-0.1, -0.05) is 6.92 Å². The Balaban J connectivity index is 1.44. The number of hydrogen-bond acceptors (Lipinski definition) is 10. The zero-order valence-electron chi connectivity index (χ0n) is 21.2. The Morgan fingerprint density at radius 1 is 0.973 bits per heavy atom. The van der Waals surface area contributed by atoms with Crippen molar-refractivity contribution in [2.75, 3.05) is 50.7 Å². The van der Waals surface area contributed by atoms with E-state index in [-0.39, 0.29) is 0 Å². The van der Waals surface area contributed by atoms with Gasteiger partial charge in [-0.05, 0) is 36.8 Å². The molecule has 1 aliphatic rings. The highest BCUT2D eigenvalue weighted by molar-refractivity contribution is 5.77. The normalized spacial score (nSPS) is 13.4. The molecule has 0 aliphatic carbocycles. The molecule has 0 amide bonds. The Morgan fingerprint density at radius 3 is 2.43 bits per heavy atom. The minimum atomic E-state index is 0.432. The zero-order chi connectivity index (χ0) is 25.6. The van der Waals surface area contributed by atoms with Crippen LogP contribution in [-0.4, -0.2) is 60.5 Å². The average molecular weight is 503 g/mol. The number of ether oxygens (including phenoxy) is 3. The van der Waals surface area contributed by atoms with E-state index in [0.717, 1.165) is 36.6 Å². The smallest absolute Gasteiger partial charge is 0.227 e. The van der Waals surface area contributed by atoms with Crippen LogP contribution in [0.25, 0.3) is 22.7 Å². The predicted octanol–water partition coefficient (Wildman–Crippen LogP) is 4.74. The van der Waals surface area contributed by atoms with E-state index in [1.807, 2.05) is 36.4 Å². The van der Waals surface area contributed by atoms with Crippen LogP contribution in [0.3, 0.4) is 0 Å². The molecule has 1 aliphatic heterocycles. The minimum absolute atomic E-state index is 0.432. The van der Waals surface area contributed by atoms with Crippen LogP contribution in [-0.2, 0) is 11.2 Å². The van der Waals surface area contributed by atoms with E-state index in [1.165, 1.54) is 0 Å². The van der Waals surface area contributed by atoms with E-state index in [1.54, 1.807) is 26.6 Å². The van der Waals surface area contributed by atoms with Crippen molar-refractivity contribution in [3.8, 4) is 34.2 Å². The summed E-state index contributed by atoms with van der Waals surface area (Å²) in [6, 6.07) is 11.4. The van der Waals surface area contributed by atoms with E-state index in [4.69, 9.17) is 28.6 Å². The highest BCUT2D eigenvalue weighted by Crippen LogP contribution is 2.36. The van der Waals surface area contributed by atoms with E-state index < -0.39 is 0 Å². The second-order valence-electron chi connectivity index (χ2n) is 8.53. The average Bonchev–Trinajstić information content (AvgIpc) is 3.38. The van der Waals surface area contributed by atoms with Crippen LogP contribution in [0, 0.1) is 0 Å². The molecule has 0 unspecified atom stereocenters. The lowest BCUT2D eigenvalue weighted by molar-refractivity contribution is 0.122. The monoisotopic (exact) mass is 502 g/mol. The van der Waals surface area contributed by atoms with Gasteiger partial charge in [0.2, 0.25) is 5.95 Å². The molecule has 0 saturated carbocycles. The van der Waals surface area contributed by atoms with Gasteiger partial charge in [-0.3, -0.25) is 0 Å². The maximum atomic E-state index is 6.19. The number of oxazole rings is 1. The Morgan fingerprint density at radius 2 is 1.76 bits per heavy atom. The fraction of sp³-hybridized carbons (Fsp3) is 0.333. The molecule has 192 valence electrons. The number of aryl methyl sites for hydroxylation is 1. The number of nitrogens with one attached hydrogen (secondary N) is 1. The lowest BCUT2D eigenvalue weighted by atomic mass is 10.1. The summed E-state index contributed by atoms with van der Waals surface area (Å²) < 4.78 is 22.5. The third-order valence-electron chi connectivity index (χ3n) is 5.99. The first-order valence-corrected chi connectivity index (χ1v) is 12.3. The summed E-state index contributed by atoms with van der Waals surface area (Å²) in [5, 5.41) is 3.24. The highest BCUT2D eigenvalue weighted by atomic mass is 16.5. The van der Waals surface area contributed by atoms with Gasteiger partial charge in [-0.15, -0.1) is 0 Å². The molecule has 10 heteroatoms. The summed E-state index contributed by atoms with van der Waals surface area (Å²) in [5.41, 5.74) is 2.88. The second-order valence-corrected chi connectivity index (χ2v) is 8.53. The Hall–Kier alpha value is -4.18. The number of benzene rings is 1. The molecule has 5 rings (SSSR count). The Labute approximate surface area is 215 Å². The van der Waals surface area contributed by atoms with Gasteiger partial charge in [0.15, 0.2) is 11.7 Å². The molecule has 10 nitrogen and oxygen atoms in total. The van der Waals surface area contributed by atoms with E-state index in [9.17, 15) is 0 Å². The van der Waals surface area contributed by atoms with E-state index in [2.05, 4.69) is 27.1 Å². The molecule has 1 saturated heterocycles. The largest absolute Gasteiger partial charge is 0.497 e. The fourth-order valence-corrected chi connectivity index (χ4v) is 4.11. The predicted molar refractivity (Wildman–Crippen MR) is 141 cm³/mol. The van der Waals surface area contributed by atoms with Crippen molar-refractivity contribution in [3.05, 3.63) is 54.7 Å². The maximum absolute atomic E-state index is 6.19. The van der Waals surface area contributed by atoms with Crippen molar-refractivity contribution < 1.29 is 18.6 Å². The van der Waals surface area contributed by atoms with Crippen LogP contribution in [0.2, 0.25) is 0 Å². The molecule has 0 spiro atoms. The van der Waals surface area contributed by atoms with Crippen molar-refractivity contribution in [1.29, 1.82) is 0 Å². The molecule has 1 aromatic carbocycles. The molecule has 1 N–H and O–H groups in total. The van der Waals surface area contributed by atoms with Gasteiger partial charge in [0.25, 0.3) is 0 Å². The first kappa shape index (κ1) is 24.5. The first-order valence-electron chi connectivity index (χ1n) is 12.3. The zero-order valence-corrected chi connectivity index (χ0v) is 21.2. The third kappa shape index (κ3) is 5.64. The van der Waals surface area contributed by atoms with Gasteiger partial charge >= 0.3 is 0 Å². The number of hydrogen-bond donors (Lipinski definition) is 1. The number of nitrogens with zero attached hydrogens (tertiary/aromatic N) is 5. The quantitative estimate of drug-likeness (QED) is 0.345. The van der Waals surface area contributed by atoms with Crippen molar-refractivity contribution in [3.63, 3.8) is 0 Å². The molecule has 0 radical (unpaired) electrons. The molecule has 37 heavy (non-hydrogen) atoms. The number of morpholine rings is 1. The molecular weight excluding hydrogens is 472 g/mol. The van der Waals surface area contributed by atoms with Gasteiger partial charge in [-0.2, -0.15) is 0 Å². The van der Waals surface area contributed by atoms with Gasteiger partial charge in [0, 0.05) is 37.3 Å². The van der Waals surface area contributed by atoms with Crippen molar-refractivity contribution in [2.24, 2.45) is 0 Å². The SMILES string of the molecule is CCCc1nc(-c2cc(OC)cc(OC)c2)c(-c2ccnc(Nc3ccc(N4CCOCC4)nc3)n2)o1. The number of pyridine rings is 1. The van der Waals surface area contributed by atoms with Crippen LogP contribution >= 0.6 is 0 Å². The summed E-state index contributed by atoms with van der Waals surface area (Å²) in [4.78, 5) is 20.7. The molecule has 0 bridgehead atoms. The lowest BCUT2D eigenvalue weighted by Gasteiger charge is -2.27. The van der Waals surface area contributed by atoms with Crippen molar-refractivity contribution >= 4 is 17.5 Å². The topological polar surface area (TPSA) is 108 Å². The first-order chi connectivity index (χ1) is 18.2. The minimum Gasteiger partial charge on any atom is -0.497 e. The van der Waals surface area contributed by atoms with E-state index >= 15 is 0 Å². The summed E-state index contributed by atoms with van der Waals surface area (Å²) in [5.74, 6) is 3.89. The lowest BCUT2D eigenvalue weighted by Crippen LogP contribution is -2.36. The maximum Gasteiger partial charge on any atom is 0.227 e. The summed E-state index contributed by atoms with van der Waals surface area (Å²) in [7, 11) is 3.24. The van der Waals surface area contributed by atoms with Crippen molar-refractivity contribution in [2.45, 2.75) is 19.8 Å². The second kappa shape index (κ2) is 11.3. The number of methoxy groups -OCH3 is 2. The Kier molecular flexibility index (Phi) is 7.46. The highest BCUT2D eigenvalue weighted by Gasteiger charge is 2.20. The van der Waals surface area contributed by atoms with Crippen LogP contribution in [0.4, 0.5) is 17.5 Å². The summed E-state index contributed by atoms with van der Waals surface area (Å²) in [6.45, 7) is 5.19. The van der Waals surface area contributed by atoms with Gasteiger partial charge in [-0.25, -0.2) is 19.9 Å². The molecule has 4 aromatic rings. The Bertz CT molecular complexity index is 1310. The van der Waals surface area contributed by atoms with Gasteiger partial charge in [0.05, 0.1) is 39.3 Å². The number of rotatable bonds is 9. The van der Waals surface area contributed by atoms with Gasteiger partial charge in [0.1, 0.15) is 28.7 Å². The van der Waals surface area contributed by atoms with Crippen LogP contribution in [0.1, 0.15) is 19.2 Å². The molecular formula is C27H30N6O4. The number of aromatic nitrogens is 4. The van der Waals surface area contributed by atoms with Crippen LogP contribution in [0.5, 0.6) is 11.5 Å². The summed E-state index contributed by atoms with van der Waals surface area (Å²) in [6.07, 6.45) is 5.09. The number of anilines is 3. The fourth-order valence-electron chi connectivity index (χ4n) is 4.11. The molecule has 1 fully saturated rings. The van der Waals surface area contributed by atoms with Gasteiger partial charge < -0.3 is 28.8 Å².